The molecule has 1 aromatic rings. The molecule has 0 aromatic carbocycles. The quantitative estimate of drug-likeness (QED) is 0.652. The molecule has 6 nitrogen and oxygen atoms in total. The van der Waals surface area contributed by atoms with Gasteiger partial charge in [0.05, 0.1) is 13.0 Å². The van der Waals surface area contributed by atoms with Gasteiger partial charge >= 0.3 is 5.97 Å². The molecule has 1 aliphatic rings. The number of nitrogens with two attached hydrogens (primary N) is 1. The van der Waals surface area contributed by atoms with Gasteiger partial charge in [-0.05, 0) is 28.8 Å². The molecule has 0 radical (unpaired) electrons. The Balaban J connectivity index is 2.15. The van der Waals surface area contributed by atoms with Crippen LogP contribution >= 0.6 is 15.9 Å². The van der Waals surface area contributed by atoms with Gasteiger partial charge in [-0.25, -0.2) is 4.98 Å². The number of esters is 1. The number of carbonyl (C=O) groups is 1. The summed E-state index contributed by atoms with van der Waals surface area (Å²) < 4.78 is 5.42. The zero-order chi connectivity index (χ0) is 13.1. The van der Waals surface area contributed by atoms with E-state index in [1.807, 2.05) is 4.90 Å². The van der Waals surface area contributed by atoms with E-state index in [1.54, 1.807) is 6.07 Å². The summed E-state index contributed by atoms with van der Waals surface area (Å²) >= 11 is 3.29. The number of nitrogens with zero attached hydrogens (tertiary/aromatic N) is 3. The summed E-state index contributed by atoms with van der Waals surface area (Å²) in [5, 5.41) is 0. The molecular weight excluding hydrogens is 300 g/mol. The number of aromatic nitrogens is 2. The van der Waals surface area contributed by atoms with E-state index in [0.29, 0.717) is 22.9 Å². The summed E-state index contributed by atoms with van der Waals surface area (Å²) in [7, 11) is 1.41. The first-order valence-electron chi connectivity index (χ1n) is 5.73. The molecule has 1 unspecified atom stereocenters. The van der Waals surface area contributed by atoms with Gasteiger partial charge in [0, 0.05) is 19.2 Å². The number of hydrogen-bond donors (Lipinski definition) is 1. The van der Waals surface area contributed by atoms with Gasteiger partial charge in [-0.3, -0.25) is 4.79 Å². The van der Waals surface area contributed by atoms with E-state index in [1.165, 1.54) is 7.11 Å². The van der Waals surface area contributed by atoms with Crippen molar-refractivity contribution >= 4 is 33.7 Å². The number of anilines is 2. The molecular formula is C11H15BrN4O2. The first-order valence-corrected chi connectivity index (χ1v) is 6.52. The first kappa shape index (κ1) is 13.1. The minimum atomic E-state index is -0.178. The molecule has 0 aliphatic carbocycles. The van der Waals surface area contributed by atoms with Crippen molar-refractivity contribution in [3.8, 4) is 0 Å². The second-order valence-electron chi connectivity index (χ2n) is 4.22. The van der Waals surface area contributed by atoms with E-state index in [9.17, 15) is 4.79 Å². The Morgan fingerprint density at radius 3 is 3.06 bits per heavy atom. The lowest BCUT2D eigenvalue weighted by Crippen LogP contribution is -2.40. The van der Waals surface area contributed by atoms with E-state index < -0.39 is 0 Å². The highest BCUT2D eigenvalue weighted by atomic mass is 79.9. The summed E-state index contributed by atoms with van der Waals surface area (Å²) in [5.41, 5.74) is 5.69. The minimum Gasteiger partial charge on any atom is -0.469 e. The number of carbonyl (C=O) groups excluding carboxylic acids is 1. The molecule has 1 fully saturated rings. The van der Waals surface area contributed by atoms with Gasteiger partial charge < -0.3 is 15.4 Å². The van der Waals surface area contributed by atoms with Gasteiger partial charge in [-0.1, -0.05) is 0 Å². The third kappa shape index (κ3) is 2.90. The molecule has 2 N–H and O–H groups in total. The molecule has 2 heterocycles. The van der Waals surface area contributed by atoms with Crippen LogP contribution in [0.3, 0.4) is 0 Å². The van der Waals surface area contributed by atoms with Gasteiger partial charge in [-0.2, -0.15) is 4.98 Å². The minimum absolute atomic E-state index is 0.118. The second-order valence-corrected chi connectivity index (χ2v) is 5.04. The number of ether oxygens (including phenoxy) is 1. The predicted octanol–water partition coefficient (Wildman–Crippen LogP) is 1.21. The van der Waals surface area contributed by atoms with Crippen molar-refractivity contribution in [1.29, 1.82) is 0 Å². The number of hydrogen-bond acceptors (Lipinski definition) is 6. The van der Waals surface area contributed by atoms with Crippen molar-refractivity contribution in [3.63, 3.8) is 0 Å². The van der Waals surface area contributed by atoms with Crippen LogP contribution in [0.5, 0.6) is 0 Å². The summed E-state index contributed by atoms with van der Waals surface area (Å²) in [6.07, 6.45) is 1.75. The zero-order valence-electron chi connectivity index (χ0n) is 10.1. The average Bonchev–Trinajstić information content (AvgIpc) is 2.37. The Morgan fingerprint density at radius 1 is 1.61 bits per heavy atom. The third-order valence-electron chi connectivity index (χ3n) is 2.94. The van der Waals surface area contributed by atoms with Gasteiger partial charge in [0.25, 0.3) is 0 Å². The summed E-state index contributed by atoms with van der Waals surface area (Å²) in [6.45, 7) is 1.39. The highest BCUT2D eigenvalue weighted by Crippen LogP contribution is 2.23. The van der Waals surface area contributed by atoms with Crippen molar-refractivity contribution < 1.29 is 9.53 Å². The predicted molar refractivity (Wildman–Crippen MR) is 71.1 cm³/mol. The number of rotatable bonds is 2. The average molecular weight is 315 g/mol. The lowest BCUT2D eigenvalue weighted by Gasteiger charge is -2.31. The van der Waals surface area contributed by atoms with E-state index in [-0.39, 0.29) is 11.9 Å². The van der Waals surface area contributed by atoms with Gasteiger partial charge in [0.15, 0.2) is 0 Å². The fourth-order valence-electron chi connectivity index (χ4n) is 2.08. The van der Waals surface area contributed by atoms with Crippen molar-refractivity contribution in [2.45, 2.75) is 12.8 Å². The normalized spacial score (nSPS) is 19.7. The standard InChI is InChI=1S/C11H15BrN4O2/c1-18-10(17)7-3-2-4-16(6-7)11-14-8(12)5-9(13)15-11/h5,7H,2-4,6H2,1H3,(H2,13,14,15). The smallest absolute Gasteiger partial charge is 0.310 e. The van der Waals surface area contributed by atoms with Gasteiger partial charge in [0.2, 0.25) is 5.95 Å². The SMILES string of the molecule is COC(=O)C1CCCN(c2nc(N)cc(Br)n2)C1. The van der Waals surface area contributed by atoms with E-state index in [4.69, 9.17) is 10.5 Å². The van der Waals surface area contributed by atoms with Crippen molar-refractivity contribution in [1.82, 2.24) is 9.97 Å². The van der Waals surface area contributed by atoms with Crippen LogP contribution in [-0.2, 0) is 9.53 Å². The highest BCUT2D eigenvalue weighted by molar-refractivity contribution is 9.10. The van der Waals surface area contributed by atoms with E-state index in [0.717, 1.165) is 19.4 Å². The lowest BCUT2D eigenvalue weighted by atomic mass is 9.98. The zero-order valence-corrected chi connectivity index (χ0v) is 11.7. The molecule has 1 saturated heterocycles. The molecule has 0 amide bonds. The van der Waals surface area contributed by atoms with E-state index >= 15 is 0 Å². The monoisotopic (exact) mass is 314 g/mol. The molecule has 1 aliphatic heterocycles. The molecule has 0 saturated carbocycles. The van der Waals surface area contributed by atoms with Crippen molar-refractivity contribution in [2.24, 2.45) is 5.92 Å². The van der Waals surface area contributed by atoms with Gasteiger partial charge in [0.1, 0.15) is 10.4 Å². The Morgan fingerprint density at radius 2 is 2.39 bits per heavy atom. The Bertz CT molecular complexity index is 434. The molecule has 0 spiro atoms. The summed E-state index contributed by atoms with van der Waals surface area (Å²) in [6, 6.07) is 1.64. The van der Waals surface area contributed by atoms with Crippen LogP contribution in [0.25, 0.3) is 0 Å². The molecule has 1 atom stereocenters. The topological polar surface area (TPSA) is 81.3 Å². The third-order valence-corrected chi connectivity index (χ3v) is 3.35. The van der Waals surface area contributed by atoms with Crippen LogP contribution in [0.4, 0.5) is 11.8 Å². The van der Waals surface area contributed by atoms with Crippen molar-refractivity contribution in [2.75, 3.05) is 30.8 Å². The number of methoxy groups -OCH3 is 1. The number of nitrogen functional groups attached to an aromatic ring is 1. The van der Waals surface area contributed by atoms with Crippen LogP contribution in [0.1, 0.15) is 12.8 Å². The van der Waals surface area contributed by atoms with Crippen LogP contribution in [0.15, 0.2) is 10.7 Å². The fourth-order valence-corrected chi connectivity index (χ4v) is 2.47. The maximum Gasteiger partial charge on any atom is 0.310 e. The van der Waals surface area contributed by atoms with Crippen LogP contribution in [0.2, 0.25) is 0 Å². The maximum absolute atomic E-state index is 11.6. The largest absolute Gasteiger partial charge is 0.469 e. The van der Waals surface area contributed by atoms with E-state index in [2.05, 4.69) is 25.9 Å². The van der Waals surface area contributed by atoms with Crippen molar-refractivity contribution in [3.05, 3.63) is 10.7 Å². The Hall–Kier alpha value is -1.37. The van der Waals surface area contributed by atoms with Crippen LogP contribution in [-0.4, -0.2) is 36.1 Å². The van der Waals surface area contributed by atoms with Crippen LogP contribution in [0, 0.1) is 5.92 Å². The Kier molecular flexibility index (Phi) is 4.00. The highest BCUT2D eigenvalue weighted by Gasteiger charge is 2.27. The maximum atomic E-state index is 11.6. The Labute approximate surface area is 114 Å². The second kappa shape index (κ2) is 5.51. The number of piperidine rings is 1. The molecule has 0 bridgehead atoms. The fraction of sp³-hybridized carbons (Fsp3) is 0.545. The molecule has 7 heteroatoms. The summed E-state index contributed by atoms with van der Waals surface area (Å²) in [5.74, 6) is 0.665. The molecule has 18 heavy (non-hydrogen) atoms. The lowest BCUT2D eigenvalue weighted by molar-refractivity contribution is -0.145. The first-order chi connectivity index (χ1) is 8.60. The number of halogens is 1. The van der Waals surface area contributed by atoms with Crippen LogP contribution < -0.4 is 10.6 Å². The molecule has 98 valence electrons. The summed E-state index contributed by atoms with van der Waals surface area (Å²) in [4.78, 5) is 22.0. The molecule has 1 aromatic heterocycles. The van der Waals surface area contributed by atoms with Gasteiger partial charge in [-0.15, -0.1) is 0 Å². The molecule has 2 rings (SSSR count).